The maximum absolute atomic E-state index is 12.3. The lowest BCUT2D eigenvalue weighted by molar-refractivity contribution is 0.191. The summed E-state index contributed by atoms with van der Waals surface area (Å²) in [5, 5.41) is 21.1. The van der Waals surface area contributed by atoms with Crippen LogP contribution in [0.15, 0.2) is 21.9 Å². The molecule has 11 heteroatoms. The van der Waals surface area contributed by atoms with Crippen molar-refractivity contribution in [3.63, 3.8) is 0 Å². The van der Waals surface area contributed by atoms with Crippen molar-refractivity contribution in [2.24, 2.45) is 4.99 Å². The molecule has 1 aliphatic rings. The molecule has 8 nitrogen and oxygen atoms in total. The van der Waals surface area contributed by atoms with Crippen molar-refractivity contribution in [1.82, 2.24) is 25.0 Å². The fourth-order valence-corrected chi connectivity index (χ4v) is 4.18. The SMILES string of the molecule is CCNC(=NCC(O)c1ccc(Cl)s1)NCCCn1nc2n(c1=O)CCCC2.I. The number of nitrogens with zero attached hydrogens (tertiary/aromatic N) is 4. The molecule has 1 unspecified atom stereocenters. The zero-order chi connectivity index (χ0) is 19.9. The summed E-state index contributed by atoms with van der Waals surface area (Å²) in [6.07, 6.45) is 3.11. The van der Waals surface area contributed by atoms with Gasteiger partial charge in [-0.2, -0.15) is 5.10 Å². The van der Waals surface area contributed by atoms with Gasteiger partial charge < -0.3 is 15.7 Å². The molecule has 162 valence electrons. The van der Waals surface area contributed by atoms with Crippen LogP contribution in [0, 0.1) is 0 Å². The highest BCUT2D eigenvalue weighted by atomic mass is 127. The molecular formula is C18H28ClIN6O2S. The van der Waals surface area contributed by atoms with E-state index in [0.717, 1.165) is 49.5 Å². The first-order valence-electron chi connectivity index (χ1n) is 9.70. The molecule has 3 heterocycles. The summed E-state index contributed by atoms with van der Waals surface area (Å²) in [7, 11) is 0. The van der Waals surface area contributed by atoms with Crippen LogP contribution in [0.5, 0.6) is 0 Å². The molecule has 0 spiro atoms. The molecule has 2 aromatic rings. The first kappa shape index (κ1) is 24.2. The minimum Gasteiger partial charge on any atom is -0.386 e. The van der Waals surface area contributed by atoms with E-state index >= 15 is 0 Å². The monoisotopic (exact) mass is 554 g/mol. The molecule has 1 atom stereocenters. The zero-order valence-corrected chi connectivity index (χ0v) is 20.3. The maximum Gasteiger partial charge on any atom is 0.345 e. The highest BCUT2D eigenvalue weighted by molar-refractivity contribution is 14.0. The second-order valence-electron chi connectivity index (χ2n) is 6.69. The maximum atomic E-state index is 12.3. The van der Waals surface area contributed by atoms with Crippen LogP contribution in [0.3, 0.4) is 0 Å². The average molecular weight is 555 g/mol. The highest BCUT2D eigenvalue weighted by Crippen LogP contribution is 2.26. The number of nitrogens with one attached hydrogen (secondary N) is 2. The van der Waals surface area contributed by atoms with Crippen molar-refractivity contribution in [2.75, 3.05) is 19.6 Å². The Morgan fingerprint density at radius 3 is 2.93 bits per heavy atom. The van der Waals surface area contributed by atoms with Gasteiger partial charge in [-0.25, -0.2) is 9.48 Å². The molecule has 0 saturated heterocycles. The number of aromatic nitrogens is 3. The summed E-state index contributed by atoms with van der Waals surface area (Å²) in [5.74, 6) is 1.54. The third-order valence-electron chi connectivity index (χ3n) is 4.56. The summed E-state index contributed by atoms with van der Waals surface area (Å²) >= 11 is 7.27. The number of aliphatic hydroxyl groups excluding tert-OH is 1. The highest BCUT2D eigenvalue weighted by Gasteiger charge is 2.16. The fraction of sp³-hybridized carbons (Fsp3) is 0.611. The van der Waals surface area contributed by atoms with E-state index in [1.54, 1.807) is 15.3 Å². The van der Waals surface area contributed by atoms with E-state index in [4.69, 9.17) is 11.6 Å². The number of hydrogen-bond acceptors (Lipinski definition) is 5. The lowest BCUT2D eigenvalue weighted by Crippen LogP contribution is -2.38. The zero-order valence-electron chi connectivity index (χ0n) is 16.4. The molecule has 1 aliphatic heterocycles. The van der Waals surface area contributed by atoms with Crippen molar-refractivity contribution in [3.05, 3.63) is 37.7 Å². The molecule has 0 aromatic carbocycles. The summed E-state index contributed by atoms with van der Waals surface area (Å²) in [4.78, 5) is 17.6. The van der Waals surface area contributed by atoms with Gasteiger partial charge in [-0.3, -0.25) is 9.56 Å². The molecule has 0 saturated carbocycles. The van der Waals surface area contributed by atoms with Crippen LogP contribution < -0.4 is 16.3 Å². The van der Waals surface area contributed by atoms with Gasteiger partial charge >= 0.3 is 5.69 Å². The minimum absolute atomic E-state index is 0. The number of aliphatic imine (C=N–C) groups is 1. The number of hydrogen-bond donors (Lipinski definition) is 3. The van der Waals surface area contributed by atoms with E-state index in [1.165, 1.54) is 11.3 Å². The Morgan fingerprint density at radius 1 is 1.41 bits per heavy atom. The number of thiophene rings is 1. The topological polar surface area (TPSA) is 96.5 Å². The third-order valence-corrected chi connectivity index (χ3v) is 5.89. The Bertz CT molecular complexity index is 865. The molecule has 0 fully saturated rings. The number of fused-ring (bicyclic) bond motifs is 1. The molecule has 0 aliphatic carbocycles. The van der Waals surface area contributed by atoms with Gasteiger partial charge in [-0.15, -0.1) is 35.3 Å². The van der Waals surface area contributed by atoms with Gasteiger partial charge in [-0.1, -0.05) is 11.6 Å². The third kappa shape index (κ3) is 6.69. The van der Waals surface area contributed by atoms with Crippen LogP contribution in [0.2, 0.25) is 4.34 Å². The van der Waals surface area contributed by atoms with Crippen molar-refractivity contribution in [1.29, 1.82) is 0 Å². The van der Waals surface area contributed by atoms with Gasteiger partial charge in [0, 0.05) is 37.5 Å². The Kier molecular flexibility index (Phi) is 9.93. The number of guanidine groups is 1. The minimum atomic E-state index is -0.677. The van der Waals surface area contributed by atoms with Gasteiger partial charge in [-0.05, 0) is 38.3 Å². The Labute approximate surface area is 196 Å². The quantitative estimate of drug-likeness (QED) is 0.202. The number of rotatable bonds is 8. The first-order valence-corrected chi connectivity index (χ1v) is 10.9. The first-order chi connectivity index (χ1) is 13.6. The number of aryl methyl sites for hydroxylation is 2. The van der Waals surface area contributed by atoms with E-state index in [0.29, 0.717) is 23.4 Å². The van der Waals surface area contributed by atoms with Crippen molar-refractivity contribution < 1.29 is 5.11 Å². The van der Waals surface area contributed by atoms with Crippen molar-refractivity contribution >= 4 is 52.9 Å². The van der Waals surface area contributed by atoms with Gasteiger partial charge in [0.1, 0.15) is 11.9 Å². The van der Waals surface area contributed by atoms with Crippen molar-refractivity contribution in [3.8, 4) is 0 Å². The lowest BCUT2D eigenvalue weighted by Gasteiger charge is -2.12. The summed E-state index contributed by atoms with van der Waals surface area (Å²) < 4.78 is 4.01. The molecule has 3 N–H and O–H groups in total. The van der Waals surface area contributed by atoms with E-state index in [9.17, 15) is 9.90 Å². The summed E-state index contributed by atoms with van der Waals surface area (Å²) in [5.41, 5.74) is -0.00648. The summed E-state index contributed by atoms with van der Waals surface area (Å²) in [6.45, 7) is 4.96. The van der Waals surface area contributed by atoms with Crippen LogP contribution in [-0.4, -0.2) is 45.0 Å². The van der Waals surface area contributed by atoms with Crippen LogP contribution in [0.25, 0.3) is 0 Å². The molecular weight excluding hydrogens is 527 g/mol. The molecule has 0 radical (unpaired) electrons. The second-order valence-corrected chi connectivity index (χ2v) is 8.43. The fourth-order valence-electron chi connectivity index (χ4n) is 3.15. The predicted octanol–water partition coefficient (Wildman–Crippen LogP) is 2.39. The summed E-state index contributed by atoms with van der Waals surface area (Å²) in [6, 6.07) is 3.59. The Hall–Kier alpha value is -1.11. The molecule has 2 aromatic heterocycles. The van der Waals surface area contributed by atoms with E-state index in [1.807, 2.05) is 13.0 Å². The van der Waals surface area contributed by atoms with Crippen LogP contribution >= 0.6 is 46.9 Å². The van der Waals surface area contributed by atoms with E-state index < -0.39 is 6.10 Å². The van der Waals surface area contributed by atoms with Gasteiger partial charge in [0.05, 0.1) is 10.9 Å². The predicted molar refractivity (Wildman–Crippen MR) is 128 cm³/mol. The average Bonchev–Trinajstić information content (AvgIpc) is 3.27. The number of halogens is 2. The molecule has 3 rings (SSSR count). The second kappa shape index (κ2) is 11.9. The van der Waals surface area contributed by atoms with Crippen LogP contribution in [0.1, 0.15) is 43.0 Å². The van der Waals surface area contributed by atoms with E-state index in [-0.39, 0.29) is 36.2 Å². The Morgan fingerprint density at radius 2 is 2.24 bits per heavy atom. The van der Waals surface area contributed by atoms with E-state index in [2.05, 4.69) is 20.7 Å². The normalized spacial score (nSPS) is 14.8. The van der Waals surface area contributed by atoms with Crippen LogP contribution in [-0.2, 0) is 19.5 Å². The molecule has 0 amide bonds. The molecule has 0 bridgehead atoms. The van der Waals surface area contributed by atoms with Gasteiger partial charge in [0.25, 0.3) is 0 Å². The number of aliphatic hydroxyl groups is 1. The largest absolute Gasteiger partial charge is 0.386 e. The standard InChI is InChI=1S/C18H27ClN6O2S.HI/c1-2-20-17(22-12-13(26)14-7-8-15(19)28-14)21-9-5-11-25-18(27)24-10-4-3-6-16(24)23-25;/h7-8,13,26H,2-6,9-12H2,1H3,(H2,20,21,22);1H. The smallest absolute Gasteiger partial charge is 0.345 e. The van der Waals surface area contributed by atoms with Gasteiger partial charge in [0.2, 0.25) is 0 Å². The van der Waals surface area contributed by atoms with Gasteiger partial charge in [0.15, 0.2) is 5.96 Å². The Balaban J connectivity index is 0.00000300. The molecule has 29 heavy (non-hydrogen) atoms. The lowest BCUT2D eigenvalue weighted by atomic mass is 10.2. The van der Waals surface area contributed by atoms with Crippen LogP contribution in [0.4, 0.5) is 0 Å². The van der Waals surface area contributed by atoms with Crippen molar-refractivity contribution in [2.45, 2.75) is 51.8 Å².